The highest BCUT2D eigenvalue weighted by molar-refractivity contribution is 7.98. The van der Waals surface area contributed by atoms with Gasteiger partial charge in [0.1, 0.15) is 12.1 Å². The second-order valence-electron chi connectivity index (χ2n) is 3.69. The van der Waals surface area contributed by atoms with Gasteiger partial charge < -0.3 is 0 Å². The van der Waals surface area contributed by atoms with Gasteiger partial charge in [0.05, 0.1) is 5.02 Å². The smallest absolute Gasteiger partial charge is 0.150 e. The van der Waals surface area contributed by atoms with Crippen LogP contribution in [0.1, 0.15) is 15.9 Å². The first-order valence-electron chi connectivity index (χ1n) is 5.31. The molecule has 0 spiro atoms. The molecule has 0 aliphatic heterocycles. The molecule has 0 saturated carbocycles. The Balaban J connectivity index is 2.11. The van der Waals surface area contributed by atoms with Crippen LogP contribution in [0.15, 0.2) is 47.4 Å². The van der Waals surface area contributed by atoms with Crippen LogP contribution in [-0.4, -0.2) is 6.29 Å². The number of carbonyl (C=O) groups excluding carboxylic acids is 1. The molecule has 0 aromatic heterocycles. The molecule has 18 heavy (non-hydrogen) atoms. The van der Waals surface area contributed by atoms with Gasteiger partial charge >= 0.3 is 0 Å². The largest absolute Gasteiger partial charge is 0.298 e. The van der Waals surface area contributed by atoms with Crippen molar-refractivity contribution in [3.63, 3.8) is 0 Å². The highest BCUT2D eigenvalue weighted by Crippen LogP contribution is 2.26. The van der Waals surface area contributed by atoms with Crippen molar-refractivity contribution >= 4 is 29.6 Å². The average Bonchev–Trinajstić information content (AvgIpc) is 2.41. The molecule has 0 fully saturated rings. The fourth-order valence-electron chi connectivity index (χ4n) is 1.50. The second kappa shape index (κ2) is 6.03. The van der Waals surface area contributed by atoms with Crippen molar-refractivity contribution in [2.75, 3.05) is 0 Å². The molecule has 2 aromatic rings. The number of benzene rings is 2. The van der Waals surface area contributed by atoms with Gasteiger partial charge in [-0.05, 0) is 23.8 Å². The van der Waals surface area contributed by atoms with Crippen LogP contribution in [0.3, 0.4) is 0 Å². The average molecular weight is 281 g/mol. The van der Waals surface area contributed by atoms with E-state index in [1.165, 1.54) is 17.8 Å². The van der Waals surface area contributed by atoms with Gasteiger partial charge in [-0.25, -0.2) is 4.39 Å². The zero-order chi connectivity index (χ0) is 13.0. The van der Waals surface area contributed by atoms with Gasteiger partial charge in [-0.2, -0.15) is 0 Å². The van der Waals surface area contributed by atoms with Crippen molar-refractivity contribution in [2.24, 2.45) is 0 Å². The van der Waals surface area contributed by atoms with Crippen LogP contribution in [0, 0.1) is 5.82 Å². The van der Waals surface area contributed by atoms with Crippen LogP contribution >= 0.6 is 23.4 Å². The van der Waals surface area contributed by atoms with E-state index in [4.69, 9.17) is 11.6 Å². The number of hydrogen-bond acceptors (Lipinski definition) is 2. The summed E-state index contributed by atoms with van der Waals surface area (Å²) >= 11 is 7.18. The fourth-order valence-corrected chi connectivity index (χ4v) is 2.63. The Bertz CT molecular complexity index is 571. The van der Waals surface area contributed by atoms with E-state index in [1.807, 2.05) is 6.07 Å². The van der Waals surface area contributed by atoms with Gasteiger partial charge in [0.25, 0.3) is 0 Å². The molecule has 0 aliphatic carbocycles. The SMILES string of the molecule is O=Cc1cccc(SCc2cccc(Cl)c2F)c1. The Labute approximate surface area is 114 Å². The summed E-state index contributed by atoms with van der Waals surface area (Å²) in [4.78, 5) is 11.6. The maximum Gasteiger partial charge on any atom is 0.150 e. The molecule has 2 aromatic carbocycles. The van der Waals surface area contributed by atoms with Crippen LogP contribution in [0.2, 0.25) is 5.02 Å². The van der Waals surface area contributed by atoms with E-state index < -0.39 is 0 Å². The third kappa shape index (κ3) is 3.12. The first kappa shape index (κ1) is 13.1. The standard InChI is InChI=1S/C14H10ClFOS/c15-13-6-2-4-11(14(13)16)9-18-12-5-1-3-10(7-12)8-17/h1-8H,9H2. The number of carbonyl (C=O) groups is 1. The van der Waals surface area contributed by atoms with Gasteiger partial charge in [-0.15, -0.1) is 11.8 Å². The van der Waals surface area contributed by atoms with E-state index in [2.05, 4.69) is 0 Å². The van der Waals surface area contributed by atoms with E-state index in [0.717, 1.165) is 11.2 Å². The summed E-state index contributed by atoms with van der Waals surface area (Å²) in [6.07, 6.45) is 0.796. The van der Waals surface area contributed by atoms with Crippen molar-refractivity contribution in [3.8, 4) is 0 Å². The Morgan fingerprint density at radius 1 is 1.22 bits per heavy atom. The molecule has 0 heterocycles. The normalized spacial score (nSPS) is 10.3. The summed E-state index contributed by atoms with van der Waals surface area (Å²) in [7, 11) is 0. The maximum atomic E-state index is 13.6. The highest BCUT2D eigenvalue weighted by Gasteiger charge is 2.06. The van der Waals surface area contributed by atoms with E-state index in [9.17, 15) is 9.18 Å². The molecule has 0 aliphatic rings. The zero-order valence-electron chi connectivity index (χ0n) is 9.40. The van der Waals surface area contributed by atoms with Crippen LogP contribution in [0.4, 0.5) is 4.39 Å². The van der Waals surface area contributed by atoms with Crippen molar-refractivity contribution in [3.05, 3.63) is 64.4 Å². The van der Waals surface area contributed by atoms with Crippen LogP contribution < -0.4 is 0 Å². The molecule has 0 amide bonds. The van der Waals surface area contributed by atoms with Crippen molar-refractivity contribution in [1.29, 1.82) is 0 Å². The Morgan fingerprint density at radius 3 is 2.78 bits per heavy atom. The van der Waals surface area contributed by atoms with E-state index in [-0.39, 0.29) is 10.8 Å². The molecule has 4 heteroatoms. The molecular weight excluding hydrogens is 271 g/mol. The summed E-state index contributed by atoms with van der Waals surface area (Å²) in [5, 5.41) is 0.134. The molecular formula is C14H10ClFOS. The molecule has 0 bridgehead atoms. The summed E-state index contributed by atoms with van der Waals surface area (Å²) in [6, 6.07) is 12.2. The fraction of sp³-hybridized carbons (Fsp3) is 0.0714. The molecule has 92 valence electrons. The summed E-state index contributed by atoms with van der Waals surface area (Å²) < 4.78 is 13.6. The molecule has 0 N–H and O–H groups in total. The summed E-state index contributed by atoms with van der Waals surface area (Å²) in [6.45, 7) is 0. The lowest BCUT2D eigenvalue weighted by Crippen LogP contribution is -1.88. The van der Waals surface area contributed by atoms with Gasteiger partial charge in [0.2, 0.25) is 0 Å². The minimum absolute atomic E-state index is 0.134. The lowest BCUT2D eigenvalue weighted by atomic mass is 10.2. The molecule has 0 radical (unpaired) electrons. The molecule has 0 unspecified atom stereocenters. The summed E-state index contributed by atoms with van der Waals surface area (Å²) in [5.41, 5.74) is 1.18. The Morgan fingerprint density at radius 2 is 2.00 bits per heavy atom. The number of halogens is 2. The Kier molecular flexibility index (Phi) is 4.39. The van der Waals surface area contributed by atoms with Gasteiger partial charge in [0, 0.05) is 16.2 Å². The minimum atomic E-state index is -0.377. The maximum absolute atomic E-state index is 13.6. The molecule has 0 saturated heterocycles. The molecule has 2 rings (SSSR count). The van der Waals surface area contributed by atoms with Crippen molar-refractivity contribution in [1.82, 2.24) is 0 Å². The first-order valence-corrected chi connectivity index (χ1v) is 6.68. The number of thioether (sulfide) groups is 1. The predicted octanol–water partition coefficient (Wildman–Crippen LogP) is 4.58. The van der Waals surface area contributed by atoms with Crippen molar-refractivity contribution < 1.29 is 9.18 Å². The summed E-state index contributed by atoms with van der Waals surface area (Å²) in [5.74, 6) is 0.104. The van der Waals surface area contributed by atoms with E-state index in [0.29, 0.717) is 16.9 Å². The zero-order valence-corrected chi connectivity index (χ0v) is 11.0. The van der Waals surface area contributed by atoms with Gasteiger partial charge in [-0.1, -0.05) is 35.9 Å². The number of hydrogen-bond donors (Lipinski definition) is 0. The topological polar surface area (TPSA) is 17.1 Å². The second-order valence-corrected chi connectivity index (χ2v) is 5.15. The Hall–Kier alpha value is -1.32. The monoisotopic (exact) mass is 280 g/mol. The number of rotatable bonds is 4. The molecule has 1 nitrogen and oxygen atoms in total. The van der Waals surface area contributed by atoms with Gasteiger partial charge in [-0.3, -0.25) is 4.79 Å². The molecule has 0 atom stereocenters. The third-order valence-corrected chi connectivity index (χ3v) is 3.75. The highest BCUT2D eigenvalue weighted by atomic mass is 35.5. The lowest BCUT2D eigenvalue weighted by Gasteiger charge is -2.05. The van der Waals surface area contributed by atoms with Crippen LogP contribution in [0.5, 0.6) is 0 Å². The van der Waals surface area contributed by atoms with Crippen LogP contribution in [0.25, 0.3) is 0 Å². The van der Waals surface area contributed by atoms with E-state index >= 15 is 0 Å². The minimum Gasteiger partial charge on any atom is -0.298 e. The predicted molar refractivity (Wildman–Crippen MR) is 72.8 cm³/mol. The third-order valence-electron chi connectivity index (χ3n) is 2.42. The lowest BCUT2D eigenvalue weighted by molar-refractivity contribution is 0.112. The van der Waals surface area contributed by atoms with Crippen LogP contribution in [-0.2, 0) is 5.75 Å². The first-order chi connectivity index (χ1) is 8.70. The van der Waals surface area contributed by atoms with Crippen molar-refractivity contribution in [2.45, 2.75) is 10.6 Å². The number of aldehydes is 1. The van der Waals surface area contributed by atoms with E-state index in [1.54, 1.807) is 30.3 Å². The quantitative estimate of drug-likeness (QED) is 0.602. The van der Waals surface area contributed by atoms with Gasteiger partial charge in [0.15, 0.2) is 0 Å².